The highest BCUT2D eigenvalue weighted by Crippen LogP contribution is 2.24. The van der Waals surface area contributed by atoms with Crippen LogP contribution in [0.5, 0.6) is 0 Å². The average Bonchev–Trinajstić information content (AvgIpc) is 3.06. The molecular formula is C17H14FN3O2. The number of oxazole rings is 1. The van der Waals surface area contributed by atoms with E-state index in [1.54, 1.807) is 24.5 Å². The monoisotopic (exact) mass is 311 g/mol. The van der Waals surface area contributed by atoms with E-state index in [2.05, 4.69) is 15.3 Å². The predicted octanol–water partition coefficient (Wildman–Crippen LogP) is 3.37. The second-order valence-corrected chi connectivity index (χ2v) is 5.01. The fourth-order valence-electron chi connectivity index (χ4n) is 2.21. The third-order valence-corrected chi connectivity index (χ3v) is 3.44. The van der Waals surface area contributed by atoms with Gasteiger partial charge in [-0.1, -0.05) is 0 Å². The normalized spacial score (nSPS) is 11.9. The zero-order valence-corrected chi connectivity index (χ0v) is 12.4. The number of benzene rings is 1. The van der Waals surface area contributed by atoms with Crippen molar-refractivity contribution in [2.24, 2.45) is 0 Å². The molecule has 0 aliphatic heterocycles. The third kappa shape index (κ3) is 3.26. The predicted molar refractivity (Wildman–Crippen MR) is 82.0 cm³/mol. The molecule has 3 rings (SSSR count). The second-order valence-electron chi connectivity index (χ2n) is 5.01. The molecule has 116 valence electrons. The first-order chi connectivity index (χ1) is 11.1. The van der Waals surface area contributed by atoms with Gasteiger partial charge in [0.2, 0.25) is 0 Å². The molecule has 6 heteroatoms. The largest absolute Gasteiger partial charge is 0.443 e. The standard InChI is InChI=1S/C17H14FN3O2/c1-11(12-6-8-19-9-7-12)21-17(22)15-16(23-10-20-15)13-2-4-14(18)5-3-13/h2-11H,1H3,(H,21,22)/t11-/m0/s1. The lowest BCUT2D eigenvalue weighted by atomic mass is 10.1. The van der Waals surface area contributed by atoms with Crippen molar-refractivity contribution in [3.8, 4) is 11.3 Å². The molecule has 0 aliphatic rings. The number of halogens is 1. The Kier molecular flexibility index (Phi) is 4.14. The molecule has 1 aromatic carbocycles. The van der Waals surface area contributed by atoms with E-state index in [1.165, 1.54) is 18.5 Å². The molecule has 0 saturated heterocycles. The van der Waals surface area contributed by atoms with Crippen molar-refractivity contribution in [2.75, 3.05) is 0 Å². The van der Waals surface area contributed by atoms with E-state index in [4.69, 9.17) is 4.42 Å². The minimum absolute atomic E-state index is 0.164. The summed E-state index contributed by atoms with van der Waals surface area (Å²) in [6.45, 7) is 1.87. The fourth-order valence-corrected chi connectivity index (χ4v) is 2.21. The summed E-state index contributed by atoms with van der Waals surface area (Å²) in [6.07, 6.45) is 4.53. The molecular weight excluding hydrogens is 297 g/mol. The molecule has 0 spiro atoms. The molecule has 0 saturated carbocycles. The Morgan fingerprint density at radius 2 is 1.87 bits per heavy atom. The molecule has 3 aromatic rings. The first-order valence-electron chi connectivity index (χ1n) is 7.05. The highest BCUT2D eigenvalue weighted by molar-refractivity contribution is 5.97. The summed E-state index contributed by atoms with van der Waals surface area (Å²) in [5, 5.41) is 2.86. The number of pyridine rings is 1. The molecule has 0 bridgehead atoms. The zero-order valence-electron chi connectivity index (χ0n) is 12.4. The zero-order chi connectivity index (χ0) is 16.2. The molecule has 0 aliphatic carbocycles. The number of nitrogens with zero attached hydrogens (tertiary/aromatic N) is 2. The summed E-state index contributed by atoms with van der Waals surface area (Å²) in [5.41, 5.74) is 1.68. The lowest BCUT2D eigenvalue weighted by molar-refractivity contribution is 0.0935. The number of rotatable bonds is 4. The number of carbonyl (C=O) groups excluding carboxylic acids is 1. The topological polar surface area (TPSA) is 68.0 Å². The van der Waals surface area contributed by atoms with Crippen LogP contribution in [0.1, 0.15) is 29.0 Å². The quantitative estimate of drug-likeness (QED) is 0.802. The molecule has 2 heterocycles. The van der Waals surface area contributed by atoms with E-state index < -0.39 is 0 Å². The van der Waals surface area contributed by atoms with Crippen molar-refractivity contribution in [1.29, 1.82) is 0 Å². The van der Waals surface area contributed by atoms with Gasteiger partial charge in [0.1, 0.15) is 5.82 Å². The van der Waals surface area contributed by atoms with Gasteiger partial charge in [-0.25, -0.2) is 9.37 Å². The SMILES string of the molecule is C[C@H](NC(=O)c1ncoc1-c1ccc(F)cc1)c1ccncc1. The minimum Gasteiger partial charge on any atom is -0.443 e. The Morgan fingerprint density at radius 3 is 2.57 bits per heavy atom. The van der Waals surface area contributed by atoms with Crippen molar-refractivity contribution in [3.05, 3.63) is 72.3 Å². The fraction of sp³-hybridized carbons (Fsp3) is 0.118. The highest BCUT2D eigenvalue weighted by atomic mass is 19.1. The van der Waals surface area contributed by atoms with Crippen molar-refractivity contribution in [3.63, 3.8) is 0 Å². The summed E-state index contributed by atoms with van der Waals surface area (Å²) in [4.78, 5) is 20.4. The van der Waals surface area contributed by atoms with Gasteiger partial charge in [-0.05, 0) is 48.9 Å². The molecule has 0 fully saturated rings. The molecule has 0 radical (unpaired) electrons. The number of aromatic nitrogens is 2. The molecule has 1 atom stereocenters. The maximum Gasteiger partial charge on any atom is 0.274 e. The Morgan fingerprint density at radius 1 is 1.17 bits per heavy atom. The van der Waals surface area contributed by atoms with E-state index in [-0.39, 0.29) is 23.5 Å². The van der Waals surface area contributed by atoms with Crippen LogP contribution in [-0.2, 0) is 0 Å². The molecule has 1 amide bonds. The molecule has 5 nitrogen and oxygen atoms in total. The lowest BCUT2D eigenvalue weighted by Crippen LogP contribution is -2.27. The Balaban J connectivity index is 1.81. The Labute approximate surface area is 132 Å². The Hall–Kier alpha value is -3.02. The van der Waals surface area contributed by atoms with Crippen LogP contribution >= 0.6 is 0 Å². The van der Waals surface area contributed by atoms with Gasteiger partial charge in [0, 0.05) is 18.0 Å². The van der Waals surface area contributed by atoms with Crippen molar-refractivity contribution in [1.82, 2.24) is 15.3 Å². The van der Waals surface area contributed by atoms with Crippen LogP contribution in [0.3, 0.4) is 0 Å². The van der Waals surface area contributed by atoms with Crippen LogP contribution in [0.15, 0.2) is 59.6 Å². The van der Waals surface area contributed by atoms with Gasteiger partial charge in [-0.2, -0.15) is 0 Å². The summed E-state index contributed by atoms with van der Waals surface area (Å²) in [6, 6.07) is 9.14. The average molecular weight is 311 g/mol. The smallest absolute Gasteiger partial charge is 0.274 e. The van der Waals surface area contributed by atoms with E-state index in [0.717, 1.165) is 5.56 Å². The van der Waals surface area contributed by atoms with Crippen LogP contribution in [0.2, 0.25) is 0 Å². The van der Waals surface area contributed by atoms with Gasteiger partial charge in [-0.15, -0.1) is 0 Å². The molecule has 0 unspecified atom stereocenters. The summed E-state index contributed by atoms with van der Waals surface area (Å²) in [7, 11) is 0. The highest BCUT2D eigenvalue weighted by Gasteiger charge is 2.20. The number of hydrogen-bond acceptors (Lipinski definition) is 4. The summed E-state index contributed by atoms with van der Waals surface area (Å²) >= 11 is 0. The van der Waals surface area contributed by atoms with E-state index in [0.29, 0.717) is 11.3 Å². The van der Waals surface area contributed by atoms with Gasteiger partial charge in [0.05, 0.1) is 6.04 Å². The summed E-state index contributed by atoms with van der Waals surface area (Å²) < 4.78 is 18.3. The maximum absolute atomic E-state index is 13.0. The van der Waals surface area contributed by atoms with Gasteiger partial charge in [0.25, 0.3) is 5.91 Å². The van der Waals surface area contributed by atoms with Crippen molar-refractivity contribution >= 4 is 5.91 Å². The van der Waals surface area contributed by atoms with E-state index >= 15 is 0 Å². The molecule has 2 aromatic heterocycles. The third-order valence-electron chi connectivity index (χ3n) is 3.44. The summed E-state index contributed by atoms with van der Waals surface area (Å²) in [5.74, 6) is -0.405. The van der Waals surface area contributed by atoms with E-state index in [1.807, 2.05) is 19.1 Å². The number of carbonyl (C=O) groups is 1. The lowest BCUT2D eigenvalue weighted by Gasteiger charge is -2.13. The van der Waals surface area contributed by atoms with Gasteiger partial charge < -0.3 is 9.73 Å². The molecule has 23 heavy (non-hydrogen) atoms. The van der Waals surface area contributed by atoms with Gasteiger partial charge >= 0.3 is 0 Å². The van der Waals surface area contributed by atoms with Gasteiger partial charge in [0.15, 0.2) is 17.8 Å². The Bertz CT molecular complexity index is 800. The van der Waals surface area contributed by atoms with Crippen LogP contribution in [0, 0.1) is 5.82 Å². The van der Waals surface area contributed by atoms with E-state index in [9.17, 15) is 9.18 Å². The number of nitrogens with one attached hydrogen (secondary N) is 1. The van der Waals surface area contributed by atoms with Crippen molar-refractivity contribution < 1.29 is 13.6 Å². The first kappa shape index (κ1) is 14.9. The van der Waals surface area contributed by atoms with Gasteiger partial charge in [-0.3, -0.25) is 9.78 Å². The van der Waals surface area contributed by atoms with Crippen LogP contribution in [0.25, 0.3) is 11.3 Å². The van der Waals surface area contributed by atoms with Crippen LogP contribution in [0.4, 0.5) is 4.39 Å². The maximum atomic E-state index is 13.0. The number of amides is 1. The van der Waals surface area contributed by atoms with Crippen LogP contribution < -0.4 is 5.32 Å². The number of hydrogen-bond donors (Lipinski definition) is 1. The van der Waals surface area contributed by atoms with Crippen LogP contribution in [-0.4, -0.2) is 15.9 Å². The second kappa shape index (κ2) is 6.39. The minimum atomic E-state index is -0.359. The first-order valence-corrected chi connectivity index (χ1v) is 7.05. The molecule has 1 N–H and O–H groups in total. The van der Waals surface area contributed by atoms with Crippen molar-refractivity contribution in [2.45, 2.75) is 13.0 Å².